The van der Waals surface area contributed by atoms with Crippen molar-refractivity contribution in [2.75, 3.05) is 4.90 Å². The Kier molecular flexibility index (Phi) is 5.10. The van der Waals surface area contributed by atoms with Gasteiger partial charge >= 0.3 is 0 Å². The van der Waals surface area contributed by atoms with Gasteiger partial charge in [-0.1, -0.05) is 23.7 Å². The lowest BCUT2D eigenvalue weighted by molar-refractivity contribution is -0.132. The first-order valence-electron chi connectivity index (χ1n) is 8.95. The standard InChI is InChI=1S/C23H14ClF2NO3/c24-15-5-1-14(2-6-15)21(28)19-20(13-3-7-16(25)8-4-13)27(23(30)22(19)29)18-11-9-17(26)10-12-18/h1-12,20,28H/t20-/m1/s1. The first-order valence-corrected chi connectivity index (χ1v) is 9.32. The van der Waals surface area contributed by atoms with Gasteiger partial charge in [0.25, 0.3) is 11.7 Å². The van der Waals surface area contributed by atoms with Crippen LogP contribution in [0.3, 0.4) is 0 Å². The van der Waals surface area contributed by atoms with E-state index in [1.165, 1.54) is 48.5 Å². The van der Waals surface area contributed by atoms with Gasteiger partial charge in [0.1, 0.15) is 17.4 Å². The van der Waals surface area contributed by atoms with Gasteiger partial charge in [0, 0.05) is 16.3 Å². The molecule has 1 aliphatic heterocycles. The highest BCUT2D eigenvalue weighted by Crippen LogP contribution is 2.42. The largest absolute Gasteiger partial charge is 0.507 e. The number of aliphatic hydroxyl groups excluding tert-OH is 1. The summed E-state index contributed by atoms with van der Waals surface area (Å²) in [4.78, 5) is 27.0. The third-order valence-corrected chi connectivity index (χ3v) is 5.10. The Morgan fingerprint density at radius 1 is 0.833 bits per heavy atom. The quantitative estimate of drug-likeness (QED) is 0.354. The molecule has 0 spiro atoms. The number of carbonyl (C=O) groups is 2. The summed E-state index contributed by atoms with van der Waals surface area (Å²) < 4.78 is 26.9. The van der Waals surface area contributed by atoms with Crippen LogP contribution in [0, 0.1) is 11.6 Å². The van der Waals surface area contributed by atoms with E-state index in [0.29, 0.717) is 16.1 Å². The van der Waals surface area contributed by atoms with Gasteiger partial charge in [0.05, 0.1) is 11.6 Å². The SMILES string of the molecule is O=C1C(=O)N(c2ccc(F)cc2)[C@H](c2ccc(F)cc2)C1=C(O)c1ccc(Cl)cc1. The van der Waals surface area contributed by atoms with Gasteiger partial charge in [-0.05, 0) is 66.2 Å². The van der Waals surface area contributed by atoms with Gasteiger partial charge in [0.15, 0.2) is 0 Å². The number of nitrogens with zero attached hydrogens (tertiary/aromatic N) is 1. The maximum absolute atomic E-state index is 13.5. The Morgan fingerprint density at radius 2 is 1.37 bits per heavy atom. The van der Waals surface area contributed by atoms with E-state index >= 15 is 0 Å². The molecule has 0 aromatic heterocycles. The van der Waals surface area contributed by atoms with Crippen molar-refractivity contribution >= 4 is 34.7 Å². The van der Waals surface area contributed by atoms with E-state index in [9.17, 15) is 23.5 Å². The highest BCUT2D eigenvalue weighted by atomic mass is 35.5. The van der Waals surface area contributed by atoms with Crippen LogP contribution in [0.15, 0.2) is 78.4 Å². The van der Waals surface area contributed by atoms with Gasteiger partial charge in [-0.15, -0.1) is 0 Å². The number of benzene rings is 3. The normalized spacial score (nSPS) is 18.1. The lowest BCUT2D eigenvalue weighted by Gasteiger charge is -2.25. The molecular weight excluding hydrogens is 412 g/mol. The minimum absolute atomic E-state index is 0.154. The number of hydrogen-bond donors (Lipinski definition) is 1. The zero-order chi connectivity index (χ0) is 21.4. The molecule has 1 N–H and O–H groups in total. The lowest BCUT2D eigenvalue weighted by atomic mass is 9.95. The van der Waals surface area contributed by atoms with Crippen LogP contribution in [0.5, 0.6) is 0 Å². The molecule has 4 rings (SSSR count). The summed E-state index contributed by atoms with van der Waals surface area (Å²) in [7, 11) is 0. The third-order valence-electron chi connectivity index (χ3n) is 4.85. The fraction of sp³-hybridized carbons (Fsp3) is 0.0435. The van der Waals surface area contributed by atoms with Gasteiger partial charge < -0.3 is 5.11 Å². The molecule has 1 amide bonds. The van der Waals surface area contributed by atoms with Crippen molar-refractivity contribution in [3.63, 3.8) is 0 Å². The van der Waals surface area contributed by atoms with E-state index in [0.717, 1.165) is 17.0 Å². The molecule has 1 heterocycles. The van der Waals surface area contributed by atoms with E-state index in [1.807, 2.05) is 0 Å². The predicted molar refractivity (Wildman–Crippen MR) is 109 cm³/mol. The van der Waals surface area contributed by atoms with E-state index in [2.05, 4.69) is 0 Å². The molecule has 0 bridgehead atoms. The highest BCUT2D eigenvalue weighted by Gasteiger charge is 2.46. The van der Waals surface area contributed by atoms with Crippen molar-refractivity contribution in [3.05, 3.63) is 106 Å². The second-order valence-corrected chi connectivity index (χ2v) is 7.14. The smallest absolute Gasteiger partial charge is 0.300 e. The molecule has 1 aliphatic rings. The molecule has 30 heavy (non-hydrogen) atoms. The van der Waals surface area contributed by atoms with E-state index in [1.54, 1.807) is 12.1 Å². The fourth-order valence-corrected chi connectivity index (χ4v) is 3.55. The summed E-state index contributed by atoms with van der Waals surface area (Å²) in [5.41, 5.74) is 0.820. The van der Waals surface area contributed by atoms with Crippen molar-refractivity contribution in [3.8, 4) is 0 Å². The minimum Gasteiger partial charge on any atom is -0.507 e. The van der Waals surface area contributed by atoms with Gasteiger partial charge in [-0.25, -0.2) is 8.78 Å². The van der Waals surface area contributed by atoms with Crippen LogP contribution in [0.1, 0.15) is 17.2 Å². The second kappa shape index (κ2) is 7.72. The molecule has 3 aromatic carbocycles. The molecule has 1 saturated heterocycles. The number of anilines is 1. The highest BCUT2D eigenvalue weighted by molar-refractivity contribution is 6.51. The number of rotatable bonds is 3. The topological polar surface area (TPSA) is 57.6 Å². The van der Waals surface area contributed by atoms with Gasteiger partial charge in [-0.2, -0.15) is 0 Å². The summed E-state index contributed by atoms with van der Waals surface area (Å²) in [6.07, 6.45) is 0. The molecule has 1 atom stereocenters. The number of carbonyl (C=O) groups excluding carboxylic acids is 2. The molecule has 1 fully saturated rings. The summed E-state index contributed by atoms with van der Waals surface area (Å²) in [5, 5.41) is 11.3. The van der Waals surface area contributed by atoms with Crippen molar-refractivity contribution < 1.29 is 23.5 Å². The summed E-state index contributed by atoms with van der Waals surface area (Å²) >= 11 is 5.89. The van der Waals surface area contributed by atoms with Crippen LogP contribution in [-0.2, 0) is 9.59 Å². The molecular formula is C23H14ClF2NO3. The number of amides is 1. The molecule has 150 valence electrons. The third kappa shape index (κ3) is 3.46. The molecule has 0 aliphatic carbocycles. The Morgan fingerprint density at radius 3 is 1.93 bits per heavy atom. The van der Waals surface area contributed by atoms with Crippen LogP contribution in [0.25, 0.3) is 5.76 Å². The Hall–Kier alpha value is -3.51. The lowest BCUT2D eigenvalue weighted by Crippen LogP contribution is -2.29. The fourth-order valence-electron chi connectivity index (χ4n) is 3.42. The Balaban J connectivity index is 1.93. The van der Waals surface area contributed by atoms with E-state index in [4.69, 9.17) is 11.6 Å². The zero-order valence-corrected chi connectivity index (χ0v) is 16.1. The maximum atomic E-state index is 13.5. The van der Waals surface area contributed by atoms with Crippen molar-refractivity contribution in [1.82, 2.24) is 0 Å². The molecule has 7 heteroatoms. The molecule has 0 saturated carbocycles. The van der Waals surface area contributed by atoms with Crippen LogP contribution in [0.2, 0.25) is 5.02 Å². The van der Waals surface area contributed by atoms with E-state index in [-0.39, 0.29) is 17.0 Å². The summed E-state index contributed by atoms with van der Waals surface area (Å²) in [6, 6.07) is 15.4. The van der Waals surface area contributed by atoms with Crippen molar-refractivity contribution in [1.29, 1.82) is 0 Å². The monoisotopic (exact) mass is 425 g/mol. The minimum atomic E-state index is -1.02. The number of halogens is 3. The first-order chi connectivity index (χ1) is 14.4. The molecule has 4 nitrogen and oxygen atoms in total. The Bertz CT molecular complexity index is 1160. The van der Waals surface area contributed by atoms with Crippen molar-refractivity contribution in [2.45, 2.75) is 6.04 Å². The number of ketones is 1. The average Bonchev–Trinajstić information content (AvgIpc) is 3.00. The van der Waals surface area contributed by atoms with Gasteiger partial charge in [-0.3, -0.25) is 14.5 Å². The van der Waals surface area contributed by atoms with Crippen molar-refractivity contribution in [2.24, 2.45) is 0 Å². The molecule has 3 aromatic rings. The second-order valence-electron chi connectivity index (χ2n) is 6.70. The van der Waals surface area contributed by atoms with Crippen LogP contribution in [-0.4, -0.2) is 16.8 Å². The zero-order valence-electron chi connectivity index (χ0n) is 15.4. The number of Topliss-reactive ketones (excluding diaryl/α,β-unsaturated/α-hetero) is 1. The molecule has 0 radical (unpaired) electrons. The van der Waals surface area contributed by atoms with Crippen LogP contribution < -0.4 is 4.90 Å². The Labute approximate surface area is 175 Å². The predicted octanol–water partition coefficient (Wildman–Crippen LogP) is 5.24. The van der Waals surface area contributed by atoms with Gasteiger partial charge in [0.2, 0.25) is 0 Å². The van der Waals surface area contributed by atoms with Crippen LogP contribution >= 0.6 is 11.6 Å². The number of hydrogen-bond acceptors (Lipinski definition) is 3. The molecule has 0 unspecified atom stereocenters. The summed E-state index contributed by atoms with van der Waals surface area (Å²) in [6.45, 7) is 0. The van der Waals surface area contributed by atoms with Crippen LogP contribution in [0.4, 0.5) is 14.5 Å². The number of aliphatic hydroxyl groups is 1. The average molecular weight is 426 g/mol. The maximum Gasteiger partial charge on any atom is 0.300 e. The first kappa shape index (κ1) is 19.8. The van der Waals surface area contributed by atoms with E-state index < -0.39 is 29.4 Å². The summed E-state index contributed by atoms with van der Waals surface area (Å²) in [5.74, 6) is -3.17.